The van der Waals surface area contributed by atoms with Crippen LogP contribution in [0, 0.1) is 0 Å². The highest BCUT2D eigenvalue weighted by Crippen LogP contribution is 2.15. The van der Waals surface area contributed by atoms with Gasteiger partial charge in [0.15, 0.2) is 0 Å². The van der Waals surface area contributed by atoms with E-state index < -0.39 is 0 Å². The lowest BCUT2D eigenvalue weighted by Gasteiger charge is -1.67. The molecule has 1 fully saturated rings. The molecular weight excluding hydrogens is 79.1 g/mol. The standard InChI is InChI=1S/C5H10.FH/c1-2-4-5-3-1;/h1-5H2;1H. The van der Waals surface area contributed by atoms with Gasteiger partial charge in [0.05, 0.1) is 0 Å². The number of rotatable bonds is 0. The van der Waals surface area contributed by atoms with Crippen molar-refractivity contribution < 1.29 is 4.70 Å². The molecule has 0 aromatic carbocycles. The molecule has 0 nitrogen and oxygen atoms in total. The zero-order valence-electron chi connectivity index (χ0n) is 3.94. The minimum Gasteiger partial charge on any atom is -0.269 e. The number of hydrogen-bond acceptors (Lipinski definition) is 0. The first-order chi connectivity index (χ1) is 2.50. The summed E-state index contributed by atoms with van der Waals surface area (Å²) in [4.78, 5) is 0. The largest absolute Gasteiger partial charge is 0.269 e. The van der Waals surface area contributed by atoms with Gasteiger partial charge in [0.1, 0.15) is 0 Å². The fraction of sp³-hybridized carbons (Fsp3) is 1.00. The number of hydrogen-bond donors (Lipinski definition) is 0. The van der Waals surface area contributed by atoms with E-state index in [9.17, 15) is 0 Å². The summed E-state index contributed by atoms with van der Waals surface area (Å²) < 4.78 is 0. The van der Waals surface area contributed by atoms with Gasteiger partial charge in [-0.15, -0.1) is 0 Å². The van der Waals surface area contributed by atoms with Gasteiger partial charge in [0, 0.05) is 0 Å². The first kappa shape index (κ1) is 5.93. The molecule has 0 spiro atoms. The molecule has 1 aliphatic carbocycles. The van der Waals surface area contributed by atoms with Gasteiger partial charge in [0.2, 0.25) is 0 Å². The highest BCUT2D eigenvalue weighted by molar-refractivity contribution is 4.51. The second kappa shape index (κ2) is 3.13. The van der Waals surface area contributed by atoms with Gasteiger partial charge in [-0.2, -0.15) is 0 Å². The van der Waals surface area contributed by atoms with E-state index in [1.54, 1.807) is 0 Å². The smallest absolute Gasteiger partial charge is 0.0533 e. The first-order valence-corrected chi connectivity index (χ1v) is 2.50. The van der Waals surface area contributed by atoms with Crippen molar-refractivity contribution in [2.45, 2.75) is 32.1 Å². The van der Waals surface area contributed by atoms with Crippen LogP contribution in [0.4, 0.5) is 4.70 Å². The van der Waals surface area contributed by atoms with Crippen molar-refractivity contribution in [3.63, 3.8) is 0 Å². The average Bonchev–Trinajstić information content (AvgIpc) is 1.76. The Morgan fingerprint density at radius 3 is 0.833 bits per heavy atom. The Balaban J connectivity index is 0.000000250. The maximum absolute atomic E-state index is 1.50. The van der Waals surface area contributed by atoms with Crippen molar-refractivity contribution in [1.29, 1.82) is 0 Å². The zero-order valence-corrected chi connectivity index (χ0v) is 3.94. The number of halogens is 1. The summed E-state index contributed by atoms with van der Waals surface area (Å²) in [5.74, 6) is 0. The predicted molar refractivity (Wildman–Crippen MR) is 25.6 cm³/mol. The highest BCUT2D eigenvalue weighted by atomic mass is 19.0. The monoisotopic (exact) mass is 90.1 g/mol. The van der Waals surface area contributed by atoms with Gasteiger partial charge in [-0.1, -0.05) is 32.1 Å². The van der Waals surface area contributed by atoms with E-state index in [1.807, 2.05) is 0 Å². The summed E-state index contributed by atoms with van der Waals surface area (Å²) in [6.45, 7) is 0. The molecule has 0 amide bonds. The second-order valence-corrected chi connectivity index (χ2v) is 1.77. The fourth-order valence-corrected chi connectivity index (χ4v) is 0.884. The summed E-state index contributed by atoms with van der Waals surface area (Å²) in [6, 6.07) is 0. The highest BCUT2D eigenvalue weighted by Gasteiger charge is 1.95. The van der Waals surface area contributed by atoms with Crippen LogP contribution in [0.5, 0.6) is 0 Å². The summed E-state index contributed by atoms with van der Waals surface area (Å²) >= 11 is 0. The van der Waals surface area contributed by atoms with Gasteiger partial charge in [-0.25, -0.2) is 0 Å². The molecule has 0 aromatic heterocycles. The predicted octanol–water partition coefficient (Wildman–Crippen LogP) is 2.10. The quantitative estimate of drug-likeness (QED) is 0.427. The first-order valence-electron chi connectivity index (χ1n) is 2.50. The molecule has 0 aromatic rings. The van der Waals surface area contributed by atoms with Crippen LogP contribution in [-0.4, -0.2) is 0 Å². The lowest BCUT2D eigenvalue weighted by Crippen LogP contribution is -1.47. The van der Waals surface area contributed by atoms with E-state index in [1.165, 1.54) is 32.1 Å². The maximum Gasteiger partial charge on any atom is -0.0533 e. The molecule has 0 atom stereocenters. The zero-order chi connectivity index (χ0) is 3.54. The van der Waals surface area contributed by atoms with Crippen LogP contribution in [0.1, 0.15) is 32.1 Å². The molecule has 0 unspecified atom stereocenters. The summed E-state index contributed by atoms with van der Waals surface area (Å²) in [6.07, 6.45) is 7.50. The minimum atomic E-state index is 0. The summed E-state index contributed by atoms with van der Waals surface area (Å²) in [7, 11) is 0. The molecule has 0 aliphatic heterocycles. The SMILES string of the molecule is C1CCCC1.F. The topological polar surface area (TPSA) is 0 Å². The van der Waals surface area contributed by atoms with Crippen LogP contribution >= 0.6 is 0 Å². The van der Waals surface area contributed by atoms with Gasteiger partial charge in [-0.05, 0) is 0 Å². The molecule has 0 bridgehead atoms. The molecule has 1 heteroatoms. The van der Waals surface area contributed by atoms with Crippen molar-refractivity contribution in [2.75, 3.05) is 0 Å². The molecule has 38 valence electrons. The van der Waals surface area contributed by atoms with E-state index in [0.717, 1.165) is 0 Å². The molecule has 0 saturated heterocycles. The third kappa shape index (κ3) is 1.39. The van der Waals surface area contributed by atoms with Gasteiger partial charge >= 0.3 is 0 Å². The Hall–Kier alpha value is -0.0700. The molecule has 0 radical (unpaired) electrons. The molecule has 6 heavy (non-hydrogen) atoms. The lowest BCUT2D eigenvalue weighted by atomic mass is 10.4. The fourth-order valence-electron chi connectivity index (χ4n) is 0.884. The Morgan fingerprint density at radius 2 is 0.667 bits per heavy atom. The molecule has 1 rings (SSSR count). The Morgan fingerprint density at radius 1 is 0.500 bits per heavy atom. The van der Waals surface area contributed by atoms with Crippen LogP contribution < -0.4 is 0 Å². The van der Waals surface area contributed by atoms with E-state index >= 15 is 0 Å². The normalized spacial score (nSPS) is 20.0. The van der Waals surface area contributed by atoms with E-state index in [0.29, 0.717) is 0 Å². The van der Waals surface area contributed by atoms with Crippen LogP contribution in [0.25, 0.3) is 0 Å². The van der Waals surface area contributed by atoms with Crippen LogP contribution in [-0.2, 0) is 0 Å². The van der Waals surface area contributed by atoms with Gasteiger partial charge in [-0.3, -0.25) is 4.70 Å². The van der Waals surface area contributed by atoms with Crippen molar-refractivity contribution in [3.05, 3.63) is 0 Å². The van der Waals surface area contributed by atoms with Crippen molar-refractivity contribution in [2.24, 2.45) is 0 Å². The molecule has 0 N–H and O–H groups in total. The van der Waals surface area contributed by atoms with Crippen molar-refractivity contribution in [1.82, 2.24) is 0 Å². The molecule has 0 heterocycles. The third-order valence-electron chi connectivity index (χ3n) is 1.25. The average molecular weight is 90.1 g/mol. The van der Waals surface area contributed by atoms with E-state index in [4.69, 9.17) is 0 Å². The summed E-state index contributed by atoms with van der Waals surface area (Å²) in [5.41, 5.74) is 0. The minimum absolute atomic E-state index is 0. The van der Waals surface area contributed by atoms with E-state index in [2.05, 4.69) is 0 Å². The van der Waals surface area contributed by atoms with Crippen LogP contribution in [0.2, 0.25) is 0 Å². The molecule has 1 aliphatic rings. The summed E-state index contributed by atoms with van der Waals surface area (Å²) in [5, 5.41) is 0. The van der Waals surface area contributed by atoms with Crippen molar-refractivity contribution >= 4 is 0 Å². The third-order valence-corrected chi connectivity index (χ3v) is 1.25. The maximum atomic E-state index is 1.50. The van der Waals surface area contributed by atoms with Crippen LogP contribution in [0.3, 0.4) is 0 Å². The second-order valence-electron chi connectivity index (χ2n) is 1.77. The Kier molecular flexibility index (Phi) is 3.10. The Bertz CT molecular complexity index is 15.5. The van der Waals surface area contributed by atoms with Crippen molar-refractivity contribution in [3.8, 4) is 0 Å². The van der Waals surface area contributed by atoms with E-state index in [-0.39, 0.29) is 4.70 Å². The Labute approximate surface area is 37.9 Å². The molecule has 1 saturated carbocycles. The van der Waals surface area contributed by atoms with Gasteiger partial charge in [0.25, 0.3) is 0 Å². The molecular formula is C5H11F. The van der Waals surface area contributed by atoms with Crippen LogP contribution in [0.15, 0.2) is 0 Å². The lowest BCUT2D eigenvalue weighted by molar-refractivity contribution is 0.886. The van der Waals surface area contributed by atoms with Gasteiger partial charge < -0.3 is 0 Å².